The molecule has 4 N–H and O–H groups in total. The molecule has 1 aromatic heterocycles. The van der Waals surface area contributed by atoms with E-state index in [1.165, 1.54) is 0 Å². The topological polar surface area (TPSA) is 96.4 Å². The highest BCUT2D eigenvalue weighted by Gasteiger charge is 2.05. The second-order valence-electron chi connectivity index (χ2n) is 4.11. The van der Waals surface area contributed by atoms with Gasteiger partial charge in [-0.2, -0.15) is 10.2 Å². The highest BCUT2D eigenvalue weighted by molar-refractivity contribution is 6.31. The van der Waals surface area contributed by atoms with Crippen molar-refractivity contribution in [3.05, 3.63) is 58.4 Å². The van der Waals surface area contributed by atoms with Crippen LogP contribution in [0.15, 0.2) is 41.7 Å². The Kier molecular flexibility index (Phi) is 4.86. The molecule has 1 aromatic carbocycles. The minimum atomic E-state index is 0.0333. The number of halogens is 1. The van der Waals surface area contributed by atoms with Crippen LogP contribution in [0.5, 0.6) is 0 Å². The lowest BCUT2D eigenvalue weighted by molar-refractivity contribution is 0.318. The molecule has 7 heteroatoms. The zero-order valence-electron chi connectivity index (χ0n) is 10.6. The van der Waals surface area contributed by atoms with Gasteiger partial charge in [0.15, 0.2) is 5.84 Å². The predicted molar refractivity (Wildman–Crippen MR) is 76.5 cm³/mol. The van der Waals surface area contributed by atoms with Crippen molar-refractivity contribution < 1.29 is 5.21 Å². The van der Waals surface area contributed by atoms with Crippen LogP contribution in [-0.2, 0) is 13.1 Å². The summed E-state index contributed by atoms with van der Waals surface area (Å²) < 4.78 is 0. The summed E-state index contributed by atoms with van der Waals surface area (Å²) >= 11 is 6.15. The van der Waals surface area contributed by atoms with Crippen molar-refractivity contribution in [2.45, 2.75) is 13.1 Å². The van der Waals surface area contributed by atoms with Crippen LogP contribution in [0, 0.1) is 0 Å². The highest BCUT2D eigenvalue weighted by atomic mass is 35.5. The monoisotopic (exact) mass is 291 g/mol. The molecule has 0 fully saturated rings. The number of amidine groups is 1. The molecule has 0 atom stereocenters. The van der Waals surface area contributed by atoms with E-state index >= 15 is 0 Å². The fourth-order valence-electron chi connectivity index (χ4n) is 1.66. The third-order valence-corrected chi connectivity index (χ3v) is 3.06. The van der Waals surface area contributed by atoms with E-state index in [4.69, 9.17) is 22.5 Å². The third kappa shape index (κ3) is 3.66. The normalized spacial score (nSPS) is 11.6. The Morgan fingerprint density at radius 1 is 1.35 bits per heavy atom. The minimum Gasteiger partial charge on any atom is -0.409 e. The summed E-state index contributed by atoms with van der Waals surface area (Å²) in [5.74, 6) is 0.0333. The molecule has 0 aliphatic carbocycles. The summed E-state index contributed by atoms with van der Waals surface area (Å²) in [5.41, 5.74) is 7.86. The van der Waals surface area contributed by atoms with Gasteiger partial charge < -0.3 is 16.3 Å². The second-order valence-corrected chi connectivity index (χ2v) is 4.52. The van der Waals surface area contributed by atoms with Crippen LogP contribution >= 0.6 is 11.6 Å². The maximum Gasteiger partial charge on any atom is 0.170 e. The third-order valence-electron chi connectivity index (χ3n) is 2.71. The fourth-order valence-corrected chi connectivity index (χ4v) is 1.91. The molecule has 2 aromatic rings. The number of nitrogens with two attached hydrogens (primary N) is 1. The van der Waals surface area contributed by atoms with Gasteiger partial charge in [0, 0.05) is 29.9 Å². The van der Waals surface area contributed by atoms with Gasteiger partial charge in [-0.25, -0.2) is 0 Å². The maximum absolute atomic E-state index is 8.61. The first-order valence-electron chi connectivity index (χ1n) is 5.94. The number of nitrogens with one attached hydrogen (secondary N) is 1. The van der Waals surface area contributed by atoms with Gasteiger partial charge in [-0.15, -0.1) is 0 Å². The van der Waals surface area contributed by atoms with Crippen LogP contribution in [-0.4, -0.2) is 21.2 Å². The van der Waals surface area contributed by atoms with Crippen molar-refractivity contribution in [1.82, 2.24) is 15.5 Å². The van der Waals surface area contributed by atoms with Gasteiger partial charge >= 0.3 is 0 Å². The maximum atomic E-state index is 8.61. The zero-order valence-corrected chi connectivity index (χ0v) is 11.4. The van der Waals surface area contributed by atoms with Crippen molar-refractivity contribution in [3.63, 3.8) is 0 Å². The van der Waals surface area contributed by atoms with E-state index in [9.17, 15) is 0 Å². The average molecular weight is 292 g/mol. The van der Waals surface area contributed by atoms with E-state index in [0.717, 1.165) is 11.3 Å². The van der Waals surface area contributed by atoms with Gasteiger partial charge in [0.05, 0.1) is 5.69 Å². The zero-order chi connectivity index (χ0) is 14.4. The van der Waals surface area contributed by atoms with Gasteiger partial charge in [-0.05, 0) is 23.8 Å². The molecule has 0 spiro atoms. The summed E-state index contributed by atoms with van der Waals surface area (Å²) in [6.45, 7) is 1.19. The van der Waals surface area contributed by atoms with E-state index in [1.807, 2.05) is 18.2 Å². The molecule has 0 aliphatic heterocycles. The number of rotatable bonds is 5. The summed E-state index contributed by atoms with van der Waals surface area (Å²) in [7, 11) is 0. The van der Waals surface area contributed by atoms with Crippen molar-refractivity contribution in [1.29, 1.82) is 0 Å². The standard InChI is InChI=1S/C13H14ClN5O/c14-12-6-9(13(15)19-20)3-4-10(12)7-16-8-11-2-1-5-17-18-11/h1-6,16,20H,7-8H2,(H2,15,19). The Morgan fingerprint density at radius 2 is 2.20 bits per heavy atom. The Bertz CT molecular complexity index is 603. The van der Waals surface area contributed by atoms with Crippen LogP contribution < -0.4 is 11.1 Å². The Balaban J connectivity index is 1.97. The molecular formula is C13H14ClN5O. The molecule has 0 unspecified atom stereocenters. The van der Waals surface area contributed by atoms with Gasteiger partial charge in [0.25, 0.3) is 0 Å². The number of nitrogens with zero attached hydrogens (tertiary/aromatic N) is 3. The van der Waals surface area contributed by atoms with Gasteiger partial charge in [-0.3, -0.25) is 0 Å². The number of oxime groups is 1. The quantitative estimate of drug-likeness (QED) is 0.336. The largest absolute Gasteiger partial charge is 0.409 e. The van der Waals surface area contributed by atoms with E-state index in [-0.39, 0.29) is 5.84 Å². The Labute approximate surface area is 121 Å². The predicted octanol–water partition coefficient (Wildman–Crippen LogP) is 1.51. The lowest BCUT2D eigenvalue weighted by Gasteiger charge is -2.08. The molecule has 1 heterocycles. The molecular weight excluding hydrogens is 278 g/mol. The SMILES string of the molecule is N/C(=N/O)c1ccc(CNCc2cccnn2)c(Cl)c1. The minimum absolute atomic E-state index is 0.0333. The van der Waals surface area contributed by atoms with E-state index < -0.39 is 0 Å². The molecule has 0 radical (unpaired) electrons. The first kappa shape index (κ1) is 14.2. The average Bonchev–Trinajstić information content (AvgIpc) is 2.49. The number of hydrogen-bond donors (Lipinski definition) is 3. The Morgan fingerprint density at radius 3 is 2.85 bits per heavy atom. The molecule has 0 amide bonds. The number of aromatic nitrogens is 2. The van der Waals surface area contributed by atoms with Crippen molar-refractivity contribution in [2.75, 3.05) is 0 Å². The van der Waals surface area contributed by atoms with Gasteiger partial charge in [0.2, 0.25) is 0 Å². The molecule has 20 heavy (non-hydrogen) atoms. The van der Waals surface area contributed by atoms with Gasteiger partial charge in [0.1, 0.15) is 0 Å². The summed E-state index contributed by atoms with van der Waals surface area (Å²) in [6.07, 6.45) is 1.63. The van der Waals surface area contributed by atoms with Crippen LogP contribution in [0.1, 0.15) is 16.8 Å². The lowest BCUT2D eigenvalue weighted by Crippen LogP contribution is -2.16. The molecule has 104 valence electrons. The smallest absolute Gasteiger partial charge is 0.170 e. The highest BCUT2D eigenvalue weighted by Crippen LogP contribution is 2.17. The molecule has 0 saturated heterocycles. The van der Waals surface area contributed by atoms with Gasteiger partial charge in [-0.1, -0.05) is 28.9 Å². The Hall–Kier alpha value is -2.18. The first-order chi connectivity index (χ1) is 9.70. The summed E-state index contributed by atoms with van der Waals surface area (Å²) in [4.78, 5) is 0. The lowest BCUT2D eigenvalue weighted by atomic mass is 10.1. The summed E-state index contributed by atoms with van der Waals surface area (Å²) in [5, 5.41) is 23.1. The number of hydrogen-bond acceptors (Lipinski definition) is 5. The molecule has 6 nitrogen and oxygen atoms in total. The molecule has 0 bridgehead atoms. The van der Waals surface area contributed by atoms with Crippen LogP contribution in [0.2, 0.25) is 5.02 Å². The van der Waals surface area contributed by atoms with E-state index in [0.29, 0.717) is 23.7 Å². The van der Waals surface area contributed by atoms with Crippen molar-refractivity contribution >= 4 is 17.4 Å². The fraction of sp³-hybridized carbons (Fsp3) is 0.154. The molecule has 0 aliphatic rings. The van der Waals surface area contributed by atoms with E-state index in [2.05, 4.69) is 20.7 Å². The van der Waals surface area contributed by atoms with Crippen molar-refractivity contribution in [2.24, 2.45) is 10.9 Å². The number of benzene rings is 1. The molecule has 2 rings (SSSR count). The molecule has 0 saturated carbocycles. The van der Waals surface area contributed by atoms with E-state index in [1.54, 1.807) is 18.3 Å². The van der Waals surface area contributed by atoms with Crippen LogP contribution in [0.4, 0.5) is 0 Å². The van der Waals surface area contributed by atoms with Crippen molar-refractivity contribution in [3.8, 4) is 0 Å². The second kappa shape index (κ2) is 6.83. The summed E-state index contributed by atoms with van der Waals surface area (Å²) in [6, 6.07) is 8.97. The van der Waals surface area contributed by atoms with Crippen LogP contribution in [0.3, 0.4) is 0 Å². The van der Waals surface area contributed by atoms with Crippen LogP contribution in [0.25, 0.3) is 0 Å². The first-order valence-corrected chi connectivity index (χ1v) is 6.32.